The highest BCUT2D eigenvalue weighted by atomic mass is 32.1. The normalized spacial score (nSPS) is 14.9. The lowest BCUT2D eigenvalue weighted by Crippen LogP contribution is -2.40. The highest BCUT2D eigenvalue weighted by Gasteiger charge is 2.20. The van der Waals surface area contributed by atoms with E-state index in [2.05, 4.69) is 10.3 Å². The maximum Gasteiger partial charge on any atom is 0.243 e. The Morgan fingerprint density at radius 2 is 2.08 bits per heavy atom. The molecule has 1 aliphatic heterocycles. The van der Waals surface area contributed by atoms with E-state index >= 15 is 0 Å². The van der Waals surface area contributed by atoms with Gasteiger partial charge < -0.3 is 10.2 Å². The van der Waals surface area contributed by atoms with Crippen LogP contribution < -0.4 is 5.32 Å². The molecule has 0 radical (unpaired) electrons. The summed E-state index contributed by atoms with van der Waals surface area (Å²) in [4.78, 5) is 31.1. The van der Waals surface area contributed by atoms with E-state index in [1.807, 2.05) is 46.4 Å². The van der Waals surface area contributed by atoms with Crippen molar-refractivity contribution in [3.63, 3.8) is 0 Å². The molecule has 1 fully saturated rings. The summed E-state index contributed by atoms with van der Waals surface area (Å²) in [7, 11) is 0. The third kappa shape index (κ3) is 3.41. The van der Waals surface area contributed by atoms with Crippen LogP contribution in [-0.2, 0) is 9.59 Å². The van der Waals surface area contributed by atoms with Gasteiger partial charge in [0.15, 0.2) is 4.96 Å². The molecule has 0 aliphatic carbocycles. The number of carbonyl (C=O) groups excluding carboxylic acids is 2. The molecule has 3 aromatic rings. The van der Waals surface area contributed by atoms with Gasteiger partial charge in [0.2, 0.25) is 11.8 Å². The number of benzene rings is 1. The predicted octanol–water partition coefficient (Wildman–Crippen LogP) is 3.01. The van der Waals surface area contributed by atoms with Crippen LogP contribution in [0, 0.1) is 0 Å². The second-order valence-corrected chi connectivity index (χ2v) is 6.99. The van der Waals surface area contributed by atoms with Crippen molar-refractivity contribution in [3.8, 4) is 11.3 Å². The maximum atomic E-state index is 12.1. The highest BCUT2D eigenvalue weighted by Crippen LogP contribution is 2.23. The number of anilines is 1. The first kappa shape index (κ1) is 15.8. The van der Waals surface area contributed by atoms with Gasteiger partial charge in [-0.2, -0.15) is 0 Å². The minimum absolute atomic E-state index is 0.0662. The quantitative estimate of drug-likeness (QED) is 0.783. The van der Waals surface area contributed by atoms with Gasteiger partial charge in [-0.1, -0.05) is 12.1 Å². The molecule has 3 heterocycles. The fourth-order valence-corrected chi connectivity index (χ4v) is 3.69. The van der Waals surface area contributed by atoms with E-state index in [4.69, 9.17) is 0 Å². The summed E-state index contributed by atoms with van der Waals surface area (Å²) in [5.74, 6) is -0.0954. The third-order valence-electron chi connectivity index (χ3n) is 4.31. The number of hydrogen-bond donors (Lipinski definition) is 1. The number of aromatic nitrogens is 2. The van der Waals surface area contributed by atoms with Gasteiger partial charge in [0, 0.05) is 42.0 Å². The largest absolute Gasteiger partial charge is 0.333 e. The number of piperidine rings is 1. The minimum Gasteiger partial charge on any atom is -0.333 e. The Balaban J connectivity index is 1.40. The topological polar surface area (TPSA) is 66.7 Å². The number of amides is 2. The first-order valence-electron chi connectivity index (χ1n) is 8.29. The Morgan fingerprint density at radius 1 is 1.24 bits per heavy atom. The summed E-state index contributed by atoms with van der Waals surface area (Å²) >= 11 is 1.59. The zero-order valence-corrected chi connectivity index (χ0v) is 14.5. The Hall–Kier alpha value is -2.67. The molecule has 2 amide bonds. The molecular formula is C18H18N4O2S. The number of thiazole rings is 1. The van der Waals surface area contributed by atoms with Crippen molar-refractivity contribution >= 4 is 33.8 Å². The average molecular weight is 354 g/mol. The summed E-state index contributed by atoms with van der Waals surface area (Å²) in [6.45, 7) is 0.792. The number of imidazole rings is 1. The lowest BCUT2D eigenvalue weighted by molar-refractivity contribution is -0.136. The predicted molar refractivity (Wildman–Crippen MR) is 97.6 cm³/mol. The molecule has 2 aromatic heterocycles. The van der Waals surface area contributed by atoms with Crippen LogP contribution in [0.15, 0.2) is 42.0 Å². The molecule has 0 spiro atoms. The van der Waals surface area contributed by atoms with Crippen LogP contribution in [0.3, 0.4) is 0 Å². The van der Waals surface area contributed by atoms with Gasteiger partial charge in [0.1, 0.15) is 0 Å². The van der Waals surface area contributed by atoms with Crippen LogP contribution in [-0.4, -0.2) is 39.2 Å². The van der Waals surface area contributed by atoms with Gasteiger partial charge >= 0.3 is 0 Å². The molecule has 0 unspecified atom stereocenters. The number of carbonyl (C=O) groups is 2. The Labute approximate surface area is 149 Å². The second-order valence-electron chi connectivity index (χ2n) is 6.12. The van der Waals surface area contributed by atoms with Gasteiger partial charge in [0.25, 0.3) is 0 Å². The van der Waals surface area contributed by atoms with E-state index in [1.165, 1.54) is 0 Å². The number of nitrogens with one attached hydrogen (secondary N) is 1. The molecule has 4 rings (SSSR count). The van der Waals surface area contributed by atoms with Crippen LogP contribution >= 0.6 is 11.3 Å². The van der Waals surface area contributed by atoms with Crippen molar-refractivity contribution in [2.24, 2.45) is 0 Å². The van der Waals surface area contributed by atoms with Crippen LogP contribution in [0.5, 0.6) is 0 Å². The van der Waals surface area contributed by atoms with E-state index in [0.717, 1.165) is 34.7 Å². The standard InChI is InChI=1S/C18H18N4O2S/c23-16(12-21-8-2-1-3-17(21)24)19-14-6-4-13(5-7-14)15-11-22-9-10-25-18(22)20-15/h4-7,9-11H,1-3,8,12H2,(H,19,23). The number of nitrogens with zero attached hydrogens (tertiary/aromatic N) is 3. The van der Waals surface area contributed by atoms with Crippen molar-refractivity contribution in [1.29, 1.82) is 0 Å². The zero-order valence-electron chi connectivity index (χ0n) is 13.6. The SMILES string of the molecule is O=C(CN1CCCCC1=O)Nc1ccc(-c2cn3ccsc3n2)cc1. The molecule has 1 N–H and O–H groups in total. The maximum absolute atomic E-state index is 12.1. The van der Waals surface area contributed by atoms with E-state index in [1.54, 1.807) is 16.2 Å². The molecule has 1 saturated heterocycles. The lowest BCUT2D eigenvalue weighted by atomic mass is 10.1. The van der Waals surface area contributed by atoms with Crippen molar-refractivity contribution in [2.75, 3.05) is 18.4 Å². The summed E-state index contributed by atoms with van der Waals surface area (Å²) in [6.07, 6.45) is 6.40. The second kappa shape index (κ2) is 6.68. The molecule has 7 heteroatoms. The smallest absolute Gasteiger partial charge is 0.243 e. The van der Waals surface area contributed by atoms with Crippen LogP contribution in [0.1, 0.15) is 19.3 Å². The van der Waals surface area contributed by atoms with Crippen molar-refractivity contribution in [2.45, 2.75) is 19.3 Å². The summed E-state index contributed by atoms with van der Waals surface area (Å²) in [5, 5.41) is 4.85. The molecule has 1 aliphatic rings. The average Bonchev–Trinajstić information content (AvgIpc) is 3.19. The van der Waals surface area contributed by atoms with Gasteiger partial charge in [0.05, 0.1) is 12.2 Å². The summed E-state index contributed by atoms with van der Waals surface area (Å²) in [6, 6.07) is 7.60. The minimum atomic E-state index is -0.162. The Morgan fingerprint density at radius 3 is 2.84 bits per heavy atom. The van der Waals surface area contributed by atoms with Gasteiger partial charge in [-0.25, -0.2) is 4.98 Å². The van der Waals surface area contributed by atoms with Crippen molar-refractivity contribution in [3.05, 3.63) is 42.0 Å². The number of hydrogen-bond acceptors (Lipinski definition) is 4. The van der Waals surface area contributed by atoms with Gasteiger partial charge in [-0.05, 0) is 25.0 Å². The Bertz CT molecular complexity index is 884. The molecule has 128 valence electrons. The van der Waals surface area contributed by atoms with Gasteiger partial charge in [-0.15, -0.1) is 11.3 Å². The fraction of sp³-hybridized carbons (Fsp3) is 0.278. The number of rotatable bonds is 4. The molecule has 1 aromatic carbocycles. The zero-order chi connectivity index (χ0) is 17.2. The van der Waals surface area contributed by atoms with Crippen LogP contribution in [0.2, 0.25) is 0 Å². The molecule has 25 heavy (non-hydrogen) atoms. The van der Waals surface area contributed by atoms with Crippen LogP contribution in [0.4, 0.5) is 5.69 Å². The van der Waals surface area contributed by atoms with Gasteiger partial charge in [-0.3, -0.25) is 14.0 Å². The molecule has 0 atom stereocenters. The van der Waals surface area contributed by atoms with E-state index in [0.29, 0.717) is 13.0 Å². The first-order chi connectivity index (χ1) is 12.2. The summed E-state index contributed by atoms with van der Waals surface area (Å²) in [5.41, 5.74) is 2.63. The molecule has 6 nitrogen and oxygen atoms in total. The Kier molecular flexibility index (Phi) is 4.23. The van der Waals surface area contributed by atoms with Crippen LogP contribution in [0.25, 0.3) is 16.2 Å². The summed E-state index contributed by atoms with van der Waals surface area (Å²) < 4.78 is 1.99. The number of likely N-dealkylation sites (tertiary alicyclic amines) is 1. The van der Waals surface area contributed by atoms with E-state index in [9.17, 15) is 9.59 Å². The third-order valence-corrected chi connectivity index (χ3v) is 5.08. The van der Waals surface area contributed by atoms with Crippen molar-refractivity contribution < 1.29 is 9.59 Å². The molecular weight excluding hydrogens is 336 g/mol. The molecule has 0 bridgehead atoms. The lowest BCUT2D eigenvalue weighted by Gasteiger charge is -2.25. The highest BCUT2D eigenvalue weighted by molar-refractivity contribution is 7.15. The monoisotopic (exact) mass is 354 g/mol. The van der Waals surface area contributed by atoms with Crippen molar-refractivity contribution in [1.82, 2.24) is 14.3 Å². The van der Waals surface area contributed by atoms with E-state index < -0.39 is 0 Å². The number of fused-ring (bicyclic) bond motifs is 1. The fourth-order valence-electron chi connectivity index (χ4n) is 2.99. The molecule has 0 saturated carbocycles. The first-order valence-corrected chi connectivity index (χ1v) is 9.17. The van der Waals surface area contributed by atoms with E-state index in [-0.39, 0.29) is 18.4 Å².